The third-order valence-electron chi connectivity index (χ3n) is 1.81. The molecule has 0 aliphatic rings. The summed E-state index contributed by atoms with van der Waals surface area (Å²) in [5, 5.41) is 11.5. The van der Waals surface area contributed by atoms with Crippen LogP contribution in [0.25, 0.3) is 0 Å². The molecule has 1 rings (SSSR count). The third kappa shape index (κ3) is 6.14. The topological polar surface area (TPSA) is 49.3 Å². The van der Waals surface area contributed by atoms with Crippen LogP contribution in [-0.2, 0) is 4.79 Å². The monoisotopic (exact) mass is 225 g/mol. The van der Waals surface area contributed by atoms with Crippen molar-refractivity contribution in [3.05, 3.63) is 30.3 Å². The molecule has 2 N–H and O–H groups in total. The number of nitrogens with one attached hydrogen (secondary N) is 1. The number of hydrogen-bond acceptors (Lipinski definition) is 3. The van der Waals surface area contributed by atoms with Gasteiger partial charge in [0, 0.05) is 23.7 Å². The molecule has 0 bridgehead atoms. The van der Waals surface area contributed by atoms with E-state index in [4.69, 9.17) is 5.11 Å². The first kappa shape index (κ1) is 12.1. The highest BCUT2D eigenvalue weighted by Gasteiger charge is 1.95. The summed E-state index contributed by atoms with van der Waals surface area (Å²) in [6, 6.07) is 10.2. The Morgan fingerprint density at radius 1 is 1.27 bits per heavy atom. The second-order valence-electron chi connectivity index (χ2n) is 3.06. The molecule has 0 heterocycles. The zero-order valence-electron chi connectivity index (χ0n) is 8.48. The van der Waals surface area contributed by atoms with Crippen molar-refractivity contribution in [3.8, 4) is 0 Å². The average Bonchev–Trinajstić information content (AvgIpc) is 2.24. The summed E-state index contributed by atoms with van der Waals surface area (Å²) in [4.78, 5) is 11.5. The molecule has 0 saturated carbocycles. The number of thioether (sulfide) groups is 1. The molecule has 0 unspecified atom stereocenters. The van der Waals surface area contributed by atoms with E-state index in [2.05, 4.69) is 17.4 Å². The predicted molar refractivity (Wildman–Crippen MR) is 62.3 cm³/mol. The van der Waals surface area contributed by atoms with Crippen LogP contribution in [0, 0.1) is 0 Å². The number of hydrogen-bond donors (Lipinski definition) is 2. The van der Waals surface area contributed by atoms with Crippen molar-refractivity contribution in [2.24, 2.45) is 0 Å². The Hall–Kier alpha value is -1.00. The number of rotatable bonds is 7. The van der Waals surface area contributed by atoms with Crippen molar-refractivity contribution in [1.29, 1.82) is 0 Å². The lowest BCUT2D eigenvalue weighted by atomic mass is 10.4. The number of aliphatic carboxylic acids is 1. The summed E-state index contributed by atoms with van der Waals surface area (Å²) in [7, 11) is 0. The molecule has 0 fully saturated rings. The SMILES string of the molecule is O=C(O)CCNCCSc1ccccc1. The van der Waals surface area contributed by atoms with Crippen LogP contribution < -0.4 is 5.32 Å². The Labute approximate surface area is 93.9 Å². The highest BCUT2D eigenvalue weighted by Crippen LogP contribution is 2.15. The van der Waals surface area contributed by atoms with Crippen molar-refractivity contribution >= 4 is 17.7 Å². The minimum absolute atomic E-state index is 0.190. The first-order chi connectivity index (χ1) is 7.29. The van der Waals surface area contributed by atoms with E-state index in [1.54, 1.807) is 11.8 Å². The van der Waals surface area contributed by atoms with E-state index in [0.29, 0.717) is 6.54 Å². The zero-order chi connectivity index (χ0) is 10.9. The highest BCUT2D eigenvalue weighted by molar-refractivity contribution is 7.99. The third-order valence-corrected chi connectivity index (χ3v) is 2.82. The average molecular weight is 225 g/mol. The van der Waals surface area contributed by atoms with E-state index in [-0.39, 0.29) is 6.42 Å². The summed E-state index contributed by atoms with van der Waals surface area (Å²) in [6.45, 7) is 1.39. The number of carboxylic acid groups (broad SMARTS) is 1. The van der Waals surface area contributed by atoms with Gasteiger partial charge in [0.05, 0.1) is 6.42 Å². The fraction of sp³-hybridized carbons (Fsp3) is 0.364. The molecule has 82 valence electrons. The minimum Gasteiger partial charge on any atom is -0.481 e. The lowest BCUT2D eigenvalue weighted by Crippen LogP contribution is -2.20. The smallest absolute Gasteiger partial charge is 0.304 e. The van der Waals surface area contributed by atoms with Crippen LogP contribution in [0.1, 0.15) is 6.42 Å². The van der Waals surface area contributed by atoms with Crippen LogP contribution in [0.15, 0.2) is 35.2 Å². The largest absolute Gasteiger partial charge is 0.481 e. The van der Waals surface area contributed by atoms with Gasteiger partial charge in [-0.15, -0.1) is 11.8 Å². The Balaban J connectivity index is 2.00. The molecule has 0 amide bonds. The van der Waals surface area contributed by atoms with Crippen LogP contribution in [0.2, 0.25) is 0 Å². The van der Waals surface area contributed by atoms with Crippen LogP contribution in [-0.4, -0.2) is 29.9 Å². The molecule has 15 heavy (non-hydrogen) atoms. The summed E-state index contributed by atoms with van der Waals surface area (Å²) in [5.74, 6) is 0.210. The van der Waals surface area contributed by atoms with E-state index >= 15 is 0 Å². The second-order valence-corrected chi connectivity index (χ2v) is 4.22. The van der Waals surface area contributed by atoms with Gasteiger partial charge in [0.15, 0.2) is 0 Å². The number of carboxylic acids is 1. The summed E-state index contributed by atoms with van der Waals surface area (Å²) in [5.41, 5.74) is 0. The molecule has 1 aromatic carbocycles. The molecule has 1 aromatic rings. The molecule has 4 heteroatoms. The Kier molecular flexibility index (Phi) is 5.88. The van der Waals surface area contributed by atoms with Crippen molar-refractivity contribution in [2.45, 2.75) is 11.3 Å². The standard InChI is InChI=1S/C11H15NO2S/c13-11(14)6-7-12-8-9-15-10-4-2-1-3-5-10/h1-5,12H,6-9H2,(H,13,14). The molecule has 0 saturated heterocycles. The van der Waals surface area contributed by atoms with Crippen LogP contribution in [0.3, 0.4) is 0 Å². The lowest BCUT2D eigenvalue weighted by molar-refractivity contribution is -0.136. The van der Waals surface area contributed by atoms with E-state index in [0.717, 1.165) is 12.3 Å². The summed E-state index contributed by atoms with van der Waals surface area (Å²) >= 11 is 1.77. The normalized spacial score (nSPS) is 10.1. The van der Waals surface area contributed by atoms with E-state index in [1.807, 2.05) is 18.2 Å². The second kappa shape index (κ2) is 7.31. The van der Waals surface area contributed by atoms with Gasteiger partial charge in [0.2, 0.25) is 0 Å². The fourth-order valence-corrected chi connectivity index (χ4v) is 1.91. The molecule has 0 aliphatic carbocycles. The van der Waals surface area contributed by atoms with Crippen LogP contribution in [0.4, 0.5) is 0 Å². The van der Waals surface area contributed by atoms with Gasteiger partial charge >= 0.3 is 5.97 Å². The first-order valence-corrected chi connectivity index (χ1v) is 5.88. The van der Waals surface area contributed by atoms with Crippen molar-refractivity contribution in [3.63, 3.8) is 0 Å². The molecule has 0 radical (unpaired) electrons. The zero-order valence-corrected chi connectivity index (χ0v) is 9.30. The van der Waals surface area contributed by atoms with Gasteiger partial charge in [-0.05, 0) is 12.1 Å². The maximum Gasteiger partial charge on any atom is 0.304 e. The molecule has 0 atom stereocenters. The van der Waals surface area contributed by atoms with Crippen molar-refractivity contribution in [2.75, 3.05) is 18.8 Å². The maximum absolute atomic E-state index is 10.2. The highest BCUT2D eigenvalue weighted by atomic mass is 32.2. The van der Waals surface area contributed by atoms with Crippen molar-refractivity contribution < 1.29 is 9.90 Å². The Morgan fingerprint density at radius 2 is 2.00 bits per heavy atom. The molecular weight excluding hydrogens is 210 g/mol. The first-order valence-electron chi connectivity index (χ1n) is 4.89. The fourth-order valence-electron chi connectivity index (χ4n) is 1.08. The van der Waals surface area contributed by atoms with Gasteiger partial charge in [-0.2, -0.15) is 0 Å². The molecule has 0 spiro atoms. The lowest BCUT2D eigenvalue weighted by Gasteiger charge is -2.02. The van der Waals surface area contributed by atoms with Gasteiger partial charge in [0.1, 0.15) is 0 Å². The van der Waals surface area contributed by atoms with Gasteiger partial charge in [0.25, 0.3) is 0 Å². The quantitative estimate of drug-likeness (QED) is 0.549. The number of benzene rings is 1. The maximum atomic E-state index is 10.2. The summed E-state index contributed by atoms with van der Waals surface area (Å²) in [6.07, 6.45) is 0.190. The van der Waals surface area contributed by atoms with E-state index in [9.17, 15) is 4.79 Å². The van der Waals surface area contributed by atoms with E-state index < -0.39 is 5.97 Å². The van der Waals surface area contributed by atoms with Crippen LogP contribution >= 0.6 is 11.8 Å². The van der Waals surface area contributed by atoms with Gasteiger partial charge in [-0.3, -0.25) is 4.79 Å². The summed E-state index contributed by atoms with van der Waals surface area (Å²) < 4.78 is 0. The number of carbonyl (C=O) groups is 1. The van der Waals surface area contributed by atoms with Crippen molar-refractivity contribution in [1.82, 2.24) is 5.32 Å². The van der Waals surface area contributed by atoms with Gasteiger partial charge in [-0.1, -0.05) is 18.2 Å². The van der Waals surface area contributed by atoms with Gasteiger partial charge in [-0.25, -0.2) is 0 Å². The predicted octanol–water partition coefficient (Wildman–Crippen LogP) is 1.84. The Morgan fingerprint density at radius 3 is 2.67 bits per heavy atom. The molecule has 0 aliphatic heterocycles. The molecule has 0 aromatic heterocycles. The molecule has 3 nitrogen and oxygen atoms in total. The van der Waals surface area contributed by atoms with Crippen LogP contribution in [0.5, 0.6) is 0 Å². The minimum atomic E-state index is -0.752. The Bertz CT molecular complexity index is 290. The molecular formula is C11H15NO2S. The van der Waals surface area contributed by atoms with E-state index in [1.165, 1.54) is 4.90 Å². The van der Waals surface area contributed by atoms with Gasteiger partial charge < -0.3 is 10.4 Å².